The zero-order chi connectivity index (χ0) is 22.1. The Balaban J connectivity index is 1.50. The number of thiocarbonyl (C=S) groups is 1. The Morgan fingerprint density at radius 2 is 1.78 bits per heavy atom. The molecule has 1 aromatic carbocycles. The van der Waals surface area contributed by atoms with Crippen LogP contribution in [0.4, 0.5) is 5.82 Å². The van der Waals surface area contributed by atoms with Gasteiger partial charge in [-0.3, -0.25) is 18.9 Å². The summed E-state index contributed by atoms with van der Waals surface area (Å²) in [6.07, 6.45) is 6.25. The first kappa shape index (κ1) is 20.9. The summed E-state index contributed by atoms with van der Waals surface area (Å²) in [5, 5.41) is 0. The van der Waals surface area contributed by atoms with Crippen LogP contribution in [0.1, 0.15) is 24.0 Å². The lowest BCUT2D eigenvalue weighted by Gasteiger charge is -2.19. The Morgan fingerprint density at radius 3 is 2.56 bits per heavy atom. The van der Waals surface area contributed by atoms with Crippen LogP contribution in [0.5, 0.6) is 0 Å². The molecule has 32 heavy (non-hydrogen) atoms. The highest BCUT2D eigenvalue weighted by Crippen LogP contribution is 2.34. The van der Waals surface area contributed by atoms with Crippen molar-refractivity contribution < 1.29 is 4.79 Å². The molecule has 6 nitrogen and oxygen atoms in total. The van der Waals surface area contributed by atoms with E-state index in [1.165, 1.54) is 16.2 Å². The highest BCUT2D eigenvalue weighted by molar-refractivity contribution is 8.26. The van der Waals surface area contributed by atoms with E-state index in [1.807, 2.05) is 42.5 Å². The van der Waals surface area contributed by atoms with Crippen LogP contribution in [0.15, 0.2) is 64.4 Å². The highest BCUT2D eigenvalue weighted by atomic mass is 32.2. The van der Waals surface area contributed by atoms with E-state index in [0.29, 0.717) is 32.8 Å². The number of fused-ring (bicyclic) bond motifs is 1. The second kappa shape index (κ2) is 8.88. The average Bonchev–Trinajstić information content (AvgIpc) is 3.44. The fourth-order valence-corrected chi connectivity index (χ4v) is 5.39. The molecule has 162 valence electrons. The average molecular weight is 463 g/mol. The predicted molar refractivity (Wildman–Crippen MR) is 133 cm³/mol. The van der Waals surface area contributed by atoms with Crippen LogP contribution in [-0.4, -0.2) is 44.1 Å². The van der Waals surface area contributed by atoms with Crippen molar-refractivity contribution in [3.05, 3.63) is 81.1 Å². The standard InChI is InChI=1S/C24H22N4O2S2/c29-22-18(21(26-12-6-7-13-26)25-20-10-4-5-14-27(20)22)16-19-23(30)28(24(31)32-19)15-11-17-8-2-1-3-9-17/h1-5,8-10,14,16H,6-7,11-13,15H2/b19-16+. The fourth-order valence-electron chi connectivity index (χ4n) is 4.10. The number of nitrogens with zero attached hydrogens (tertiary/aromatic N) is 4. The molecule has 0 atom stereocenters. The SMILES string of the molecule is O=C1/C(=C\c2c(N3CCCC3)nc3ccccn3c2=O)SC(=S)N1CCc1ccccc1. The molecular weight excluding hydrogens is 440 g/mol. The quantitative estimate of drug-likeness (QED) is 0.425. The van der Waals surface area contributed by atoms with Gasteiger partial charge in [-0.1, -0.05) is 60.4 Å². The van der Waals surface area contributed by atoms with Crippen molar-refractivity contribution in [3.8, 4) is 0 Å². The molecule has 3 aromatic rings. The summed E-state index contributed by atoms with van der Waals surface area (Å²) in [6.45, 7) is 2.22. The van der Waals surface area contributed by atoms with Gasteiger partial charge >= 0.3 is 0 Å². The normalized spacial score (nSPS) is 17.8. The van der Waals surface area contributed by atoms with E-state index in [0.717, 1.165) is 37.9 Å². The summed E-state index contributed by atoms with van der Waals surface area (Å²) in [4.78, 5) is 35.5. The van der Waals surface area contributed by atoms with Gasteiger partial charge in [-0.25, -0.2) is 4.98 Å². The second-order valence-electron chi connectivity index (χ2n) is 7.85. The van der Waals surface area contributed by atoms with Gasteiger partial charge in [-0.05, 0) is 43.0 Å². The number of hydrogen-bond acceptors (Lipinski definition) is 6. The molecule has 8 heteroatoms. The van der Waals surface area contributed by atoms with Gasteiger partial charge in [-0.15, -0.1) is 0 Å². The van der Waals surface area contributed by atoms with Gasteiger partial charge in [-0.2, -0.15) is 0 Å². The third-order valence-electron chi connectivity index (χ3n) is 5.77. The maximum atomic E-state index is 13.4. The lowest BCUT2D eigenvalue weighted by atomic mass is 10.1. The predicted octanol–water partition coefficient (Wildman–Crippen LogP) is 3.74. The third kappa shape index (κ3) is 3.96. The fraction of sp³-hybridized carbons (Fsp3) is 0.250. The van der Waals surface area contributed by atoms with E-state index in [-0.39, 0.29) is 11.5 Å². The van der Waals surface area contributed by atoms with Gasteiger partial charge in [0.15, 0.2) is 0 Å². The van der Waals surface area contributed by atoms with Gasteiger partial charge in [0.05, 0.1) is 10.5 Å². The van der Waals surface area contributed by atoms with E-state index in [2.05, 4.69) is 4.90 Å². The molecule has 0 saturated carbocycles. The largest absolute Gasteiger partial charge is 0.356 e. The molecule has 1 amide bonds. The minimum atomic E-state index is -0.174. The molecule has 2 aliphatic rings. The van der Waals surface area contributed by atoms with E-state index in [1.54, 1.807) is 23.2 Å². The highest BCUT2D eigenvalue weighted by Gasteiger charge is 2.32. The van der Waals surface area contributed by atoms with Gasteiger partial charge in [0, 0.05) is 25.8 Å². The van der Waals surface area contributed by atoms with Crippen molar-refractivity contribution in [3.63, 3.8) is 0 Å². The molecule has 2 aliphatic heterocycles. The number of rotatable bonds is 5. The van der Waals surface area contributed by atoms with E-state index < -0.39 is 0 Å². The van der Waals surface area contributed by atoms with Crippen LogP contribution in [0.3, 0.4) is 0 Å². The third-order valence-corrected chi connectivity index (χ3v) is 7.15. The molecule has 0 aliphatic carbocycles. The monoisotopic (exact) mass is 462 g/mol. The molecule has 5 rings (SSSR count). The molecule has 2 saturated heterocycles. The van der Waals surface area contributed by atoms with Crippen molar-refractivity contribution in [1.29, 1.82) is 0 Å². The Bertz CT molecular complexity index is 1280. The summed E-state index contributed by atoms with van der Waals surface area (Å²) >= 11 is 6.75. The van der Waals surface area contributed by atoms with Crippen LogP contribution < -0.4 is 10.5 Å². The number of amides is 1. The van der Waals surface area contributed by atoms with Crippen molar-refractivity contribution in [2.45, 2.75) is 19.3 Å². The Labute approximate surface area is 195 Å². The zero-order valence-corrected chi connectivity index (χ0v) is 19.1. The first-order valence-corrected chi connectivity index (χ1v) is 11.9. The molecule has 4 heterocycles. The van der Waals surface area contributed by atoms with Gasteiger partial charge < -0.3 is 4.90 Å². The topological polar surface area (TPSA) is 57.9 Å². The Morgan fingerprint density at radius 1 is 1.03 bits per heavy atom. The zero-order valence-electron chi connectivity index (χ0n) is 17.4. The first-order chi connectivity index (χ1) is 15.6. The van der Waals surface area contributed by atoms with E-state index >= 15 is 0 Å². The molecular formula is C24H22N4O2S2. The number of aromatic nitrogens is 2. The number of hydrogen-bond donors (Lipinski definition) is 0. The number of carbonyl (C=O) groups is 1. The number of carbonyl (C=O) groups excluding carboxylic acids is 1. The minimum Gasteiger partial charge on any atom is -0.356 e. The van der Waals surface area contributed by atoms with Crippen LogP contribution in [0.25, 0.3) is 11.7 Å². The summed E-state index contributed by atoms with van der Waals surface area (Å²) in [6, 6.07) is 15.5. The van der Waals surface area contributed by atoms with Gasteiger partial charge in [0.25, 0.3) is 11.5 Å². The van der Waals surface area contributed by atoms with Crippen LogP contribution in [0.2, 0.25) is 0 Å². The van der Waals surface area contributed by atoms with Crippen LogP contribution in [-0.2, 0) is 11.2 Å². The summed E-state index contributed by atoms with van der Waals surface area (Å²) in [5.41, 5.74) is 2.02. The Hall–Kier alpha value is -2.97. The van der Waals surface area contributed by atoms with Crippen molar-refractivity contribution in [1.82, 2.24) is 14.3 Å². The molecule has 0 spiro atoms. The van der Waals surface area contributed by atoms with Crippen molar-refractivity contribution in [2.24, 2.45) is 0 Å². The molecule has 0 N–H and O–H groups in total. The smallest absolute Gasteiger partial charge is 0.267 e. The van der Waals surface area contributed by atoms with Crippen molar-refractivity contribution >= 4 is 51.7 Å². The van der Waals surface area contributed by atoms with Crippen LogP contribution >= 0.6 is 24.0 Å². The first-order valence-electron chi connectivity index (χ1n) is 10.7. The molecule has 0 unspecified atom stereocenters. The van der Waals surface area contributed by atoms with E-state index in [9.17, 15) is 9.59 Å². The Kier molecular flexibility index (Phi) is 5.80. The maximum Gasteiger partial charge on any atom is 0.267 e. The van der Waals surface area contributed by atoms with Gasteiger partial charge in [0.1, 0.15) is 15.8 Å². The van der Waals surface area contributed by atoms with Crippen LogP contribution in [0, 0.1) is 0 Å². The molecule has 2 fully saturated rings. The van der Waals surface area contributed by atoms with Crippen molar-refractivity contribution in [2.75, 3.05) is 24.5 Å². The number of pyridine rings is 1. The summed E-state index contributed by atoms with van der Waals surface area (Å²) < 4.78 is 2.05. The lowest BCUT2D eigenvalue weighted by Crippen LogP contribution is -2.30. The minimum absolute atomic E-state index is 0.152. The van der Waals surface area contributed by atoms with Gasteiger partial charge in [0.2, 0.25) is 0 Å². The molecule has 0 bridgehead atoms. The summed E-state index contributed by atoms with van der Waals surface area (Å²) in [7, 11) is 0. The second-order valence-corrected chi connectivity index (χ2v) is 9.52. The summed E-state index contributed by atoms with van der Waals surface area (Å²) in [5.74, 6) is 0.495. The van der Waals surface area contributed by atoms with E-state index in [4.69, 9.17) is 17.2 Å². The maximum absolute atomic E-state index is 13.4. The number of anilines is 1. The lowest BCUT2D eigenvalue weighted by molar-refractivity contribution is -0.122. The molecule has 2 aromatic heterocycles. The molecule has 0 radical (unpaired) electrons. The number of benzene rings is 1. The number of thioether (sulfide) groups is 1.